The molecule has 0 fully saturated rings. The minimum absolute atomic E-state index is 0.0886. The van der Waals surface area contributed by atoms with Crippen LogP contribution in [0.15, 0.2) is 46.9 Å². The van der Waals surface area contributed by atoms with Crippen LogP contribution in [-0.2, 0) is 16.1 Å². The van der Waals surface area contributed by atoms with Crippen LogP contribution in [0.5, 0.6) is 5.75 Å². The van der Waals surface area contributed by atoms with Crippen LogP contribution in [0.25, 0.3) is 0 Å². The smallest absolute Gasteiger partial charge is 0.262 e. The molecular weight excluding hydrogens is 370 g/mol. The fourth-order valence-electron chi connectivity index (χ4n) is 1.84. The van der Waals surface area contributed by atoms with Crippen LogP contribution in [0.4, 0.5) is 5.69 Å². The van der Waals surface area contributed by atoms with E-state index >= 15 is 0 Å². The topological polar surface area (TPSA) is 47.6 Å². The van der Waals surface area contributed by atoms with Crippen molar-refractivity contribution in [2.75, 3.05) is 19.0 Å². The summed E-state index contributed by atoms with van der Waals surface area (Å²) < 4.78 is 11.2. The Morgan fingerprint density at radius 1 is 1.27 bits per heavy atom. The minimum Gasteiger partial charge on any atom is -0.483 e. The molecule has 2 aromatic carbocycles. The van der Waals surface area contributed by atoms with E-state index < -0.39 is 0 Å². The molecule has 0 unspecified atom stereocenters. The van der Waals surface area contributed by atoms with Crippen molar-refractivity contribution in [3.63, 3.8) is 0 Å². The van der Waals surface area contributed by atoms with Gasteiger partial charge in [-0.2, -0.15) is 0 Å². The summed E-state index contributed by atoms with van der Waals surface area (Å²) in [7, 11) is 1.63. The van der Waals surface area contributed by atoms with Crippen molar-refractivity contribution >= 4 is 39.1 Å². The van der Waals surface area contributed by atoms with Crippen molar-refractivity contribution in [1.29, 1.82) is 0 Å². The van der Waals surface area contributed by atoms with Crippen molar-refractivity contribution in [1.82, 2.24) is 0 Å². The van der Waals surface area contributed by atoms with Crippen molar-refractivity contribution in [3.8, 4) is 5.75 Å². The van der Waals surface area contributed by atoms with Gasteiger partial charge in [0.25, 0.3) is 5.91 Å². The molecule has 0 bridgehead atoms. The van der Waals surface area contributed by atoms with Gasteiger partial charge in [-0.1, -0.05) is 23.7 Å². The predicted molar refractivity (Wildman–Crippen MR) is 90.4 cm³/mol. The third kappa shape index (κ3) is 5.02. The predicted octanol–water partition coefficient (Wildman–Crippen LogP) is 4.27. The number of amides is 1. The van der Waals surface area contributed by atoms with E-state index in [0.717, 1.165) is 5.56 Å². The molecule has 0 saturated heterocycles. The quantitative estimate of drug-likeness (QED) is 0.809. The molecule has 0 saturated carbocycles. The standard InChI is InChI=1S/C16H15BrClNO3/c1-21-9-11-3-2-4-13(7-11)19-16(20)10-22-15-6-5-12(18)8-14(15)17/h2-8H,9-10H2,1H3,(H,19,20). The summed E-state index contributed by atoms with van der Waals surface area (Å²) in [6.45, 7) is 0.409. The van der Waals surface area contributed by atoms with Gasteiger partial charge in [0, 0.05) is 17.8 Å². The van der Waals surface area contributed by atoms with E-state index in [2.05, 4.69) is 21.2 Å². The molecule has 116 valence electrons. The SMILES string of the molecule is COCc1cccc(NC(=O)COc2ccc(Cl)cc2Br)c1. The Morgan fingerprint density at radius 2 is 2.09 bits per heavy atom. The van der Waals surface area contributed by atoms with Gasteiger partial charge in [0.05, 0.1) is 11.1 Å². The molecule has 0 aliphatic carbocycles. The first-order chi connectivity index (χ1) is 10.6. The number of hydrogen-bond donors (Lipinski definition) is 1. The first-order valence-corrected chi connectivity index (χ1v) is 7.71. The van der Waals surface area contributed by atoms with E-state index in [4.69, 9.17) is 21.1 Å². The van der Waals surface area contributed by atoms with Crippen LogP contribution in [0.2, 0.25) is 5.02 Å². The Morgan fingerprint density at radius 3 is 2.82 bits per heavy atom. The molecule has 0 radical (unpaired) electrons. The number of carbonyl (C=O) groups excluding carboxylic acids is 1. The normalized spacial score (nSPS) is 10.3. The molecule has 0 aliphatic heterocycles. The van der Waals surface area contributed by atoms with Gasteiger partial charge in [0.15, 0.2) is 6.61 Å². The van der Waals surface area contributed by atoms with E-state index in [1.54, 1.807) is 25.3 Å². The molecule has 2 rings (SSSR count). The van der Waals surface area contributed by atoms with Crippen molar-refractivity contribution in [2.24, 2.45) is 0 Å². The second-order valence-corrected chi connectivity index (χ2v) is 5.84. The monoisotopic (exact) mass is 383 g/mol. The zero-order valence-corrected chi connectivity index (χ0v) is 14.3. The minimum atomic E-state index is -0.239. The molecule has 22 heavy (non-hydrogen) atoms. The first-order valence-electron chi connectivity index (χ1n) is 6.54. The van der Waals surface area contributed by atoms with E-state index in [1.165, 1.54) is 0 Å². The van der Waals surface area contributed by atoms with Crippen LogP contribution in [0.1, 0.15) is 5.56 Å². The Balaban J connectivity index is 1.91. The molecule has 1 N–H and O–H groups in total. The summed E-state index contributed by atoms with van der Waals surface area (Å²) in [5.41, 5.74) is 1.69. The van der Waals surface area contributed by atoms with Crippen LogP contribution in [0.3, 0.4) is 0 Å². The number of benzene rings is 2. The molecule has 0 atom stereocenters. The molecule has 0 spiro atoms. The lowest BCUT2D eigenvalue weighted by Crippen LogP contribution is -2.20. The zero-order valence-electron chi connectivity index (χ0n) is 11.9. The third-order valence-corrected chi connectivity index (χ3v) is 3.63. The zero-order chi connectivity index (χ0) is 15.9. The maximum absolute atomic E-state index is 11.9. The fourth-order valence-corrected chi connectivity index (χ4v) is 2.64. The van der Waals surface area contributed by atoms with Gasteiger partial charge in [0.2, 0.25) is 0 Å². The number of methoxy groups -OCH3 is 1. The Hall–Kier alpha value is -1.56. The average Bonchev–Trinajstić information content (AvgIpc) is 2.47. The largest absolute Gasteiger partial charge is 0.483 e. The first kappa shape index (κ1) is 16.8. The molecule has 0 aliphatic rings. The summed E-state index contributed by atoms with van der Waals surface area (Å²) in [6.07, 6.45) is 0. The van der Waals surface area contributed by atoms with Crippen LogP contribution < -0.4 is 10.1 Å². The van der Waals surface area contributed by atoms with E-state index in [1.807, 2.05) is 24.3 Å². The summed E-state index contributed by atoms with van der Waals surface area (Å²) >= 11 is 9.19. The lowest BCUT2D eigenvalue weighted by Gasteiger charge is -2.10. The molecule has 6 heteroatoms. The molecular formula is C16H15BrClNO3. The van der Waals surface area contributed by atoms with Crippen molar-refractivity contribution < 1.29 is 14.3 Å². The van der Waals surface area contributed by atoms with Gasteiger partial charge >= 0.3 is 0 Å². The number of carbonyl (C=O) groups is 1. The van der Waals surface area contributed by atoms with Crippen LogP contribution in [0, 0.1) is 0 Å². The average molecular weight is 385 g/mol. The number of ether oxygens (including phenoxy) is 2. The molecule has 2 aromatic rings. The number of anilines is 1. The second kappa shape index (κ2) is 8.17. The lowest BCUT2D eigenvalue weighted by atomic mass is 10.2. The molecule has 4 nitrogen and oxygen atoms in total. The highest BCUT2D eigenvalue weighted by Crippen LogP contribution is 2.27. The highest BCUT2D eigenvalue weighted by molar-refractivity contribution is 9.10. The highest BCUT2D eigenvalue weighted by Gasteiger charge is 2.07. The number of halogens is 2. The molecule has 1 amide bonds. The summed E-state index contributed by atoms with van der Waals surface area (Å²) in [6, 6.07) is 12.6. The second-order valence-electron chi connectivity index (χ2n) is 4.54. The van der Waals surface area contributed by atoms with Gasteiger partial charge in [-0.3, -0.25) is 4.79 Å². The van der Waals surface area contributed by atoms with Crippen molar-refractivity contribution in [2.45, 2.75) is 6.61 Å². The van der Waals surface area contributed by atoms with Gasteiger partial charge in [-0.15, -0.1) is 0 Å². The summed E-state index contributed by atoms with van der Waals surface area (Å²) in [5, 5.41) is 3.38. The fraction of sp³-hybridized carbons (Fsp3) is 0.188. The number of hydrogen-bond acceptors (Lipinski definition) is 3. The highest BCUT2D eigenvalue weighted by atomic mass is 79.9. The van der Waals surface area contributed by atoms with Gasteiger partial charge < -0.3 is 14.8 Å². The van der Waals surface area contributed by atoms with Crippen LogP contribution >= 0.6 is 27.5 Å². The maximum atomic E-state index is 11.9. The Labute approximate surface area is 142 Å². The summed E-state index contributed by atoms with van der Waals surface area (Å²) in [5.74, 6) is 0.323. The molecule has 0 heterocycles. The van der Waals surface area contributed by atoms with Crippen LogP contribution in [-0.4, -0.2) is 19.6 Å². The number of rotatable bonds is 6. The van der Waals surface area contributed by atoms with Crippen molar-refractivity contribution in [3.05, 3.63) is 57.5 Å². The van der Waals surface area contributed by atoms with E-state index in [9.17, 15) is 4.79 Å². The maximum Gasteiger partial charge on any atom is 0.262 e. The lowest BCUT2D eigenvalue weighted by molar-refractivity contribution is -0.118. The Kier molecular flexibility index (Phi) is 6.24. The Bertz CT molecular complexity index is 664. The van der Waals surface area contributed by atoms with Gasteiger partial charge in [-0.05, 0) is 51.8 Å². The molecule has 0 aromatic heterocycles. The van der Waals surface area contributed by atoms with E-state index in [0.29, 0.717) is 27.5 Å². The summed E-state index contributed by atoms with van der Waals surface area (Å²) in [4.78, 5) is 11.9. The van der Waals surface area contributed by atoms with E-state index in [-0.39, 0.29) is 12.5 Å². The number of nitrogens with one attached hydrogen (secondary N) is 1. The van der Waals surface area contributed by atoms with Gasteiger partial charge in [-0.25, -0.2) is 0 Å². The third-order valence-electron chi connectivity index (χ3n) is 2.77. The van der Waals surface area contributed by atoms with Gasteiger partial charge in [0.1, 0.15) is 5.75 Å².